The maximum atomic E-state index is 13.4. The van der Waals surface area contributed by atoms with Crippen molar-refractivity contribution in [3.05, 3.63) is 29.1 Å². The van der Waals surface area contributed by atoms with Gasteiger partial charge in [0.25, 0.3) is 5.91 Å². The molecule has 130 valence electrons. The molecule has 0 unspecified atom stereocenters. The van der Waals surface area contributed by atoms with Crippen LogP contribution in [-0.4, -0.2) is 41.9 Å². The highest BCUT2D eigenvalue weighted by molar-refractivity contribution is 5.95. The molecule has 1 aliphatic heterocycles. The first-order chi connectivity index (χ1) is 11.2. The fourth-order valence-corrected chi connectivity index (χ4v) is 2.84. The maximum absolute atomic E-state index is 13.4. The molecule has 1 amide bonds. The van der Waals surface area contributed by atoms with Crippen LogP contribution in [0.15, 0.2) is 6.20 Å². The lowest BCUT2D eigenvalue weighted by molar-refractivity contribution is -0.145. The zero-order valence-electron chi connectivity index (χ0n) is 13.5. The number of rotatable bonds is 2. The van der Waals surface area contributed by atoms with Crippen LogP contribution in [-0.2, 0) is 19.3 Å². The number of hydrogen-bond acceptors (Lipinski definition) is 4. The maximum Gasteiger partial charge on any atom is 0.433 e. The lowest BCUT2D eigenvalue weighted by Crippen LogP contribution is -2.39. The van der Waals surface area contributed by atoms with Gasteiger partial charge < -0.3 is 9.47 Å². The molecule has 1 aliphatic rings. The molecular formula is C14H17F3N6O. The molecule has 0 aliphatic carbocycles. The molecule has 10 heteroatoms. The fraction of sp³-hybridized carbons (Fsp3) is 0.571. The molecule has 2 aromatic rings. The lowest BCUT2D eigenvalue weighted by Gasteiger charge is -2.28. The van der Waals surface area contributed by atoms with E-state index in [-0.39, 0.29) is 6.54 Å². The van der Waals surface area contributed by atoms with E-state index >= 15 is 0 Å². The van der Waals surface area contributed by atoms with Crippen molar-refractivity contribution in [3.8, 4) is 0 Å². The Morgan fingerprint density at radius 3 is 2.58 bits per heavy atom. The molecule has 0 fully saturated rings. The SMILES string of the molecule is Cc1nnc2n1CCN(C(=O)c1cnn(C(C)C)c1C(F)(F)F)C2. The van der Waals surface area contributed by atoms with Crippen LogP contribution in [0.3, 0.4) is 0 Å². The summed E-state index contributed by atoms with van der Waals surface area (Å²) < 4.78 is 42.9. The molecule has 0 aromatic carbocycles. The van der Waals surface area contributed by atoms with E-state index in [1.165, 1.54) is 4.90 Å². The predicted octanol–water partition coefficient (Wildman–Crippen LogP) is 2.04. The van der Waals surface area contributed by atoms with Crippen LogP contribution in [0.1, 0.15) is 47.6 Å². The number of aromatic nitrogens is 5. The number of aryl methyl sites for hydroxylation is 1. The zero-order chi connectivity index (χ0) is 17.6. The Morgan fingerprint density at radius 2 is 1.96 bits per heavy atom. The number of amides is 1. The van der Waals surface area contributed by atoms with E-state index in [1.807, 2.05) is 4.57 Å². The molecule has 7 nitrogen and oxygen atoms in total. The van der Waals surface area contributed by atoms with Gasteiger partial charge in [-0.25, -0.2) is 0 Å². The van der Waals surface area contributed by atoms with Crippen LogP contribution in [0.5, 0.6) is 0 Å². The minimum absolute atomic E-state index is 0.129. The minimum atomic E-state index is -4.65. The second kappa shape index (κ2) is 5.60. The molecule has 2 aromatic heterocycles. The Bertz CT molecular complexity index is 776. The van der Waals surface area contributed by atoms with Gasteiger partial charge >= 0.3 is 6.18 Å². The van der Waals surface area contributed by atoms with E-state index in [9.17, 15) is 18.0 Å². The van der Waals surface area contributed by atoms with Gasteiger partial charge in [0, 0.05) is 19.1 Å². The van der Waals surface area contributed by atoms with Crippen LogP contribution in [0, 0.1) is 6.92 Å². The summed E-state index contributed by atoms with van der Waals surface area (Å²) in [5.41, 5.74) is -1.44. The number of hydrogen-bond donors (Lipinski definition) is 0. The van der Waals surface area contributed by atoms with Crippen molar-refractivity contribution in [3.63, 3.8) is 0 Å². The topological polar surface area (TPSA) is 68.8 Å². The largest absolute Gasteiger partial charge is 0.433 e. The van der Waals surface area contributed by atoms with E-state index < -0.39 is 29.4 Å². The molecular weight excluding hydrogens is 325 g/mol. The molecule has 0 spiro atoms. The standard InChI is InChI=1S/C14H17F3N6O/c1-8(2)23-12(14(15,16)17)10(6-18-23)13(24)21-4-5-22-9(3)19-20-11(22)7-21/h6,8H,4-5,7H2,1-3H3. The summed E-state index contributed by atoms with van der Waals surface area (Å²) in [5.74, 6) is 0.596. The normalized spacial score (nSPS) is 15.0. The number of nitrogens with zero attached hydrogens (tertiary/aromatic N) is 6. The summed E-state index contributed by atoms with van der Waals surface area (Å²) in [6.07, 6.45) is -3.66. The van der Waals surface area contributed by atoms with Gasteiger partial charge in [-0.3, -0.25) is 9.48 Å². The molecule has 3 heterocycles. The van der Waals surface area contributed by atoms with E-state index in [4.69, 9.17) is 0 Å². The predicted molar refractivity (Wildman–Crippen MR) is 77.1 cm³/mol. The van der Waals surface area contributed by atoms with E-state index in [2.05, 4.69) is 15.3 Å². The van der Waals surface area contributed by atoms with E-state index in [0.717, 1.165) is 16.7 Å². The van der Waals surface area contributed by atoms with Crippen LogP contribution in [0.25, 0.3) is 0 Å². The van der Waals surface area contributed by atoms with Crippen molar-refractivity contribution >= 4 is 5.91 Å². The van der Waals surface area contributed by atoms with Crippen molar-refractivity contribution in [1.29, 1.82) is 0 Å². The van der Waals surface area contributed by atoms with Gasteiger partial charge in [-0.2, -0.15) is 18.3 Å². The number of carbonyl (C=O) groups is 1. The molecule has 0 saturated heterocycles. The van der Waals surface area contributed by atoms with Gasteiger partial charge in [-0.15, -0.1) is 10.2 Å². The van der Waals surface area contributed by atoms with Crippen LogP contribution < -0.4 is 0 Å². The second-order valence-electron chi connectivity index (χ2n) is 5.98. The Hall–Kier alpha value is -2.39. The van der Waals surface area contributed by atoms with Gasteiger partial charge in [-0.1, -0.05) is 0 Å². The van der Waals surface area contributed by atoms with Gasteiger partial charge in [0.2, 0.25) is 0 Å². The van der Waals surface area contributed by atoms with Crippen molar-refractivity contribution in [2.24, 2.45) is 0 Å². The molecule has 0 N–H and O–H groups in total. The molecule has 0 saturated carbocycles. The smallest absolute Gasteiger partial charge is 0.329 e. The number of fused-ring (bicyclic) bond motifs is 1. The van der Waals surface area contributed by atoms with Crippen LogP contribution in [0.4, 0.5) is 13.2 Å². The van der Waals surface area contributed by atoms with E-state index in [1.54, 1.807) is 20.8 Å². The first-order valence-electron chi connectivity index (χ1n) is 7.52. The fourth-order valence-electron chi connectivity index (χ4n) is 2.84. The van der Waals surface area contributed by atoms with Crippen molar-refractivity contribution in [2.45, 2.75) is 46.1 Å². The molecule has 0 atom stereocenters. The quantitative estimate of drug-likeness (QED) is 0.837. The zero-order valence-corrected chi connectivity index (χ0v) is 13.5. The Kier molecular flexibility index (Phi) is 3.84. The summed E-state index contributed by atoms with van der Waals surface area (Å²) in [7, 11) is 0. The van der Waals surface area contributed by atoms with Crippen molar-refractivity contribution < 1.29 is 18.0 Å². The third kappa shape index (κ3) is 2.65. The number of halogens is 3. The van der Waals surface area contributed by atoms with Gasteiger partial charge in [0.05, 0.1) is 18.3 Å². The highest BCUT2D eigenvalue weighted by atomic mass is 19.4. The summed E-state index contributed by atoms with van der Waals surface area (Å²) in [4.78, 5) is 14.0. The highest BCUT2D eigenvalue weighted by Crippen LogP contribution is 2.34. The van der Waals surface area contributed by atoms with Crippen molar-refractivity contribution in [2.75, 3.05) is 6.54 Å². The highest BCUT2D eigenvalue weighted by Gasteiger charge is 2.41. The Morgan fingerprint density at radius 1 is 1.25 bits per heavy atom. The average molecular weight is 342 g/mol. The third-order valence-electron chi connectivity index (χ3n) is 4.01. The molecule has 3 rings (SSSR count). The number of carbonyl (C=O) groups excluding carboxylic acids is 1. The molecule has 24 heavy (non-hydrogen) atoms. The number of alkyl halides is 3. The summed E-state index contributed by atoms with van der Waals surface area (Å²) in [6, 6.07) is -0.504. The minimum Gasteiger partial charge on any atom is -0.329 e. The summed E-state index contributed by atoms with van der Waals surface area (Å²) in [6.45, 7) is 5.85. The van der Waals surface area contributed by atoms with E-state index in [0.29, 0.717) is 18.9 Å². The second-order valence-corrected chi connectivity index (χ2v) is 5.98. The van der Waals surface area contributed by atoms with Crippen molar-refractivity contribution in [1.82, 2.24) is 29.4 Å². The van der Waals surface area contributed by atoms with Crippen LogP contribution >= 0.6 is 0 Å². The average Bonchev–Trinajstić information content (AvgIpc) is 3.10. The summed E-state index contributed by atoms with van der Waals surface area (Å²) in [5, 5.41) is 11.7. The van der Waals surface area contributed by atoms with Gasteiger partial charge in [-0.05, 0) is 20.8 Å². The third-order valence-corrected chi connectivity index (χ3v) is 4.01. The molecule has 0 radical (unpaired) electrons. The first-order valence-corrected chi connectivity index (χ1v) is 7.52. The first kappa shape index (κ1) is 16.5. The molecule has 0 bridgehead atoms. The lowest BCUT2D eigenvalue weighted by atomic mass is 10.2. The Labute approximate surface area is 136 Å². The van der Waals surface area contributed by atoms with Gasteiger partial charge in [0.15, 0.2) is 11.5 Å². The Balaban J connectivity index is 1.94. The van der Waals surface area contributed by atoms with Gasteiger partial charge in [0.1, 0.15) is 5.82 Å². The van der Waals surface area contributed by atoms with Crippen LogP contribution in [0.2, 0.25) is 0 Å². The summed E-state index contributed by atoms with van der Waals surface area (Å²) >= 11 is 0. The monoisotopic (exact) mass is 342 g/mol.